The molecule has 0 N–H and O–H groups in total. The Balaban J connectivity index is 1.15. The van der Waals surface area contributed by atoms with Gasteiger partial charge in [0.1, 0.15) is 0 Å². The number of rotatable bonds is 44. The van der Waals surface area contributed by atoms with E-state index in [1.54, 1.807) is 66.1 Å². The lowest BCUT2D eigenvalue weighted by atomic mass is 9.79. The Morgan fingerprint density at radius 1 is 0.207 bits per heavy atom. The van der Waals surface area contributed by atoms with Crippen LogP contribution < -0.4 is 0 Å². The highest BCUT2D eigenvalue weighted by Gasteiger charge is 2.32. The van der Waals surface area contributed by atoms with E-state index in [2.05, 4.69) is 113 Å². The van der Waals surface area contributed by atoms with Gasteiger partial charge in [-0.3, -0.25) is 0 Å². The first-order chi connectivity index (χ1) is 40.7. The lowest BCUT2D eigenvalue weighted by Crippen LogP contribution is -2.03. The Bertz CT molecular complexity index is 2650. The molecule has 0 bridgehead atoms. The van der Waals surface area contributed by atoms with Gasteiger partial charge in [0.05, 0.1) is 0 Å². The fourth-order valence-electron chi connectivity index (χ4n) is 15.6. The molecule has 7 aromatic rings. The minimum atomic E-state index is 1.17. The Morgan fingerprint density at radius 2 is 0.390 bits per heavy atom. The number of aryl methyl sites for hydroxylation is 4. The third-order valence-corrected chi connectivity index (χ3v) is 20.2. The lowest BCUT2D eigenvalue weighted by Gasteiger charge is -2.24. The molecule has 0 aliphatic heterocycles. The van der Waals surface area contributed by atoms with Crippen molar-refractivity contribution in [2.24, 2.45) is 0 Å². The zero-order valence-corrected chi connectivity index (χ0v) is 53.2. The van der Waals surface area contributed by atoms with E-state index in [4.69, 9.17) is 0 Å². The van der Waals surface area contributed by atoms with Gasteiger partial charge in [0.2, 0.25) is 0 Å². The molecule has 0 aromatic heterocycles. The zero-order chi connectivity index (χ0) is 56.6. The first kappa shape index (κ1) is 62.1. The zero-order valence-electron chi connectivity index (χ0n) is 53.2. The van der Waals surface area contributed by atoms with Crippen molar-refractivity contribution >= 4 is 43.1 Å². The van der Waals surface area contributed by atoms with Gasteiger partial charge < -0.3 is 0 Å². The van der Waals surface area contributed by atoms with E-state index in [-0.39, 0.29) is 0 Å². The van der Waals surface area contributed by atoms with Crippen molar-refractivity contribution in [1.29, 1.82) is 0 Å². The van der Waals surface area contributed by atoms with Gasteiger partial charge in [0.15, 0.2) is 0 Å². The van der Waals surface area contributed by atoms with Crippen LogP contribution in [0.4, 0.5) is 0 Å². The molecule has 0 fully saturated rings. The quantitative estimate of drug-likeness (QED) is 0.0264. The maximum Gasteiger partial charge on any atom is -0.00262 e. The third kappa shape index (κ3) is 15.7. The minimum absolute atomic E-state index is 1.17. The van der Waals surface area contributed by atoms with Gasteiger partial charge in [-0.15, -0.1) is 0 Å². The van der Waals surface area contributed by atoms with Gasteiger partial charge in [-0.2, -0.15) is 0 Å². The number of hydrogen-bond donors (Lipinski definition) is 0. The Morgan fingerprint density at radius 3 is 0.585 bits per heavy atom. The molecule has 0 nitrogen and oxygen atoms in total. The van der Waals surface area contributed by atoms with Crippen molar-refractivity contribution < 1.29 is 0 Å². The van der Waals surface area contributed by atoms with Gasteiger partial charge in [0, 0.05) is 0 Å². The summed E-state index contributed by atoms with van der Waals surface area (Å²) >= 11 is 0. The molecule has 2 aliphatic carbocycles. The monoisotopic (exact) mass is 1100 g/mol. The first-order valence-corrected chi connectivity index (χ1v) is 35.9. The Hall–Kier alpha value is -4.42. The molecule has 0 heterocycles. The largest absolute Gasteiger partial charge is 0.0654 e. The Labute approximate surface area is 502 Å². The second-order valence-corrected chi connectivity index (χ2v) is 26.5. The first-order valence-electron chi connectivity index (χ1n) is 35.9. The van der Waals surface area contributed by atoms with Gasteiger partial charge in [-0.25, -0.2) is 0 Å². The smallest absolute Gasteiger partial charge is 0.00262 e. The Kier molecular flexibility index (Phi) is 25.7. The summed E-state index contributed by atoms with van der Waals surface area (Å²) in [5.41, 5.74) is 19.1. The number of hydrogen-bond acceptors (Lipinski definition) is 0. The molecule has 0 saturated carbocycles. The summed E-state index contributed by atoms with van der Waals surface area (Å²) < 4.78 is 0. The van der Waals surface area contributed by atoms with Crippen LogP contribution in [-0.2, 0) is 25.7 Å². The highest BCUT2D eigenvalue weighted by atomic mass is 14.4. The maximum atomic E-state index is 2.87. The van der Waals surface area contributed by atoms with Crippen molar-refractivity contribution in [1.82, 2.24) is 0 Å². The van der Waals surface area contributed by atoms with Gasteiger partial charge in [0.25, 0.3) is 0 Å². The van der Waals surface area contributed by atoms with E-state index in [1.165, 1.54) is 326 Å². The van der Waals surface area contributed by atoms with Crippen molar-refractivity contribution in [2.45, 2.75) is 310 Å². The molecule has 0 saturated heterocycles. The van der Waals surface area contributed by atoms with Crippen LogP contribution in [0.2, 0.25) is 0 Å². The van der Waals surface area contributed by atoms with Crippen molar-refractivity contribution in [3.05, 3.63) is 107 Å². The van der Waals surface area contributed by atoms with Crippen molar-refractivity contribution in [2.75, 3.05) is 0 Å². The van der Waals surface area contributed by atoms with Crippen molar-refractivity contribution in [3.63, 3.8) is 0 Å². The van der Waals surface area contributed by atoms with E-state index in [0.29, 0.717) is 0 Å². The van der Waals surface area contributed by atoms with Gasteiger partial charge in [-0.1, -0.05) is 332 Å². The summed E-state index contributed by atoms with van der Waals surface area (Å²) in [6, 6.07) is 34.9. The van der Waals surface area contributed by atoms with Gasteiger partial charge >= 0.3 is 0 Å². The average molecular weight is 1100 g/mol. The second kappa shape index (κ2) is 33.9. The topological polar surface area (TPSA) is 0 Å². The SMILES string of the molecule is CCCCCCCCCCCCc1c2c(c(CCCCCCCCCCCC)c3cc4c(CCCCCCCCCCCC)c5c(c(CCCCCCCCCCCC)c4cc13)-c1cccc3cccc-5c13)-c1cccc3cccc-2c13. The molecule has 442 valence electrons. The van der Waals surface area contributed by atoms with Crippen molar-refractivity contribution in [3.8, 4) is 44.5 Å². The molecule has 0 radical (unpaired) electrons. The third-order valence-electron chi connectivity index (χ3n) is 20.2. The normalized spacial score (nSPS) is 12.3. The van der Waals surface area contributed by atoms with E-state index in [0.717, 1.165) is 0 Å². The predicted octanol–water partition coefficient (Wildman–Crippen LogP) is 27.4. The van der Waals surface area contributed by atoms with Crippen LogP contribution in [0.1, 0.15) is 307 Å². The van der Waals surface area contributed by atoms with E-state index in [1.807, 2.05) is 0 Å². The molecule has 0 amide bonds. The molecule has 0 spiro atoms. The molecule has 9 rings (SSSR count). The number of fused-ring (bicyclic) bond motifs is 8. The summed E-state index contributed by atoms with van der Waals surface area (Å²) in [4.78, 5) is 0. The molecule has 2 aliphatic rings. The fourth-order valence-corrected chi connectivity index (χ4v) is 15.6. The predicted molar refractivity (Wildman–Crippen MR) is 368 cm³/mol. The van der Waals surface area contributed by atoms with E-state index >= 15 is 0 Å². The number of benzene rings is 7. The van der Waals surface area contributed by atoms with Crippen LogP contribution >= 0.6 is 0 Å². The minimum Gasteiger partial charge on any atom is -0.0654 e. The van der Waals surface area contributed by atoms with E-state index < -0.39 is 0 Å². The summed E-state index contributed by atoms with van der Waals surface area (Å²) in [6.07, 6.45) is 59.7. The summed E-state index contributed by atoms with van der Waals surface area (Å²) in [7, 11) is 0. The summed E-state index contributed by atoms with van der Waals surface area (Å²) in [6.45, 7) is 9.36. The molecule has 7 aromatic carbocycles. The molecule has 0 heteroatoms. The van der Waals surface area contributed by atoms with Crippen LogP contribution in [0.25, 0.3) is 87.6 Å². The second-order valence-electron chi connectivity index (χ2n) is 26.5. The lowest BCUT2D eigenvalue weighted by molar-refractivity contribution is 0.556. The molecule has 0 unspecified atom stereocenters. The molecule has 82 heavy (non-hydrogen) atoms. The fraction of sp³-hybridized carbons (Fsp3) is 0.585. The maximum absolute atomic E-state index is 2.87. The number of unbranched alkanes of at least 4 members (excludes halogenated alkanes) is 36. The molecular formula is C82H114. The molecule has 0 atom stereocenters. The highest BCUT2D eigenvalue weighted by molar-refractivity contribution is 6.24. The van der Waals surface area contributed by atoms with E-state index in [9.17, 15) is 0 Å². The molecular weight excluding hydrogens is 985 g/mol. The average Bonchev–Trinajstić information content (AvgIpc) is 1.99. The summed E-state index contributed by atoms with van der Waals surface area (Å²) in [5.74, 6) is 0. The van der Waals surface area contributed by atoms with Crippen LogP contribution in [0.15, 0.2) is 84.9 Å². The van der Waals surface area contributed by atoms with Crippen LogP contribution in [-0.4, -0.2) is 0 Å². The standard InChI is InChI=1S/C82H114/c1-5-9-13-17-21-25-29-33-37-41-53-65-73-61-75-67(55-43-39-35-31-27-23-19-15-11-7-3)81-71-59-47-51-64-52-48-60-72(78(64)71)82(81)68(56-44-40-36-32-28-24-20-16-12-8-4)76(75)62-74(73)66(54-42-38-34-30-26-22-18-14-10-6-2)80-70-58-46-50-63-49-45-57-69(77(63)70)79(65)80/h45-52,57-62H,5-44,53-56H2,1-4H3. The highest BCUT2D eigenvalue weighted by Crippen LogP contribution is 2.57. The van der Waals surface area contributed by atoms with Gasteiger partial charge in [-0.05, 0) is 173 Å². The summed E-state index contributed by atoms with van der Waals surface area (Å²) in [5, 5.41) is 12.2. The van der Waals surface area contributed by atoms with Crippen LogP contribution in [0, 0.1) is 0 Å². The van der Waals surface area contributed by atoms with Crippen LogP contribution in [0.5, 0.6) is 0 Å². The van der Waals surface area contributed by atoms with Crippen LogP contribution in [0.3, 0.4) is 0 Å².